The molecule has 0 radical (unpaired) electrons. The van der Waals surface area contributed by atoms with Crippen molar-refractivity contribution in [2.24, 2.45) is 5.92 Å². The zero-order valence-corrected chi connectivity index (χ0v) is 42.8. The third kappa shape index (κ3) is 17.9. The summed E-state index contributed by atoms with van der Waals surface area (Å²) in [4.78, 5) is 0. The van der Waals surface area contributed by atoms with Crippen LogP contribution in [0.15, 0.2) is 66.7 Å². The predicted molar refractivity (Wildman–Crippen MR) is 251 cm³/mol. The highest BCUT2D eigenvalue weighted by Gasteiger charge is 2.45. The molecule has 0 saturated heterocycles. The molecular formula is C48H86O6Si3. The first-order chi connectivity index (χ1) is 26.2. The quantitative estimate of drug-likeness (QED) is 0.0596. The minimum atomic E-state index is -2.13. The van der Waals surface area contributed by atoms with Crippen LogP contribution in [-0.4, -0.2) is 63.1 Å². The summed E-state index contributed by atoms with van der Waals surface area (Å²) in [5, 5.41) is 0.303. The summed E-state index contributed by atoms with van der Waals surface area (Å²) < 4.78 is 39.7. The van der Waals surface area contributed by atoms with Crippen LogP contribution >= 0.6 is 0 Å². The van der Waals surface area contributed by atoms with E-state index in [1.807, 2.05) is 12.1 Å². The van der Waals surface area contributed by atoms with Gasteiger partial charge in [0.2, 0.25) is 0 Å². The molecule has 326 valence electrons. The lowest BCUT2D eigenvalue weighted by Crippen LogP contribution is -2.52. The lowest BCUT2D eigenvalue weighted by atomic mass is 9.97. The number of hydrogen-bond donors (Lipinski definition) is 0. The summed E-state index contributed by atoms with van der Waals surface area (Å²) in [6.45, 7) is 41.5. The number of rotatable bonds is 24. The van der Waals surface area contributed by atoms with Gasteiger partial charge in [0, 0.05) is 12.7 Å². The van der Waals surface area contributed by atoms with Crippen molar-refractivity contribution in [3.05, 3.63) is 77.9 Å². The van der Waals surface area contributed by atoms with Gasteiger partial charge in [-0.15, -0.1) is 0 Å². The van der Waals surface area contributed by atoms with E-state index in [9.17, 15) is 0 Å². The molecule has 9 heteroatoms. The number of ether oxygens (including phenoxy) is 3. The SMILES string of the molecule is COc1ccc(COC(C)CC[C@@H](C/C=C\[C@@H](C)C[C@H](O[Si](C)(C)C(C)(C)C)[C@H](CCOCc2ccccc2)O[Si](C)(C)C(C)(C)C)O[Si](C)(C)C(C)(C)C)cc1. The van der Waals surface area contributed by atoms with Crippen LogP contribution in [0.2, 0.25) is 54.4 Å². The molecular weight excluding hydrogens is 757 g/mol. The van der Waals surface area contributed by atoms with E-state index >= 15 is 0 Å². The lowest BCUT2D eigenvalue weighted by molar-refractivity contribution is -0.000804. The molecule has 0 spiro atoms. The minimum Gasteiger partial charge on any atom is -0.497 e. The van der Waals surface area contributed by atoms with Crippen molar-refractivity contribution in [2.45, 2.75) is 200 Å². The Kier molecular flexibility index (Phi) is 20.2. The van der Waals surface area contributed by atoms with Crippen LogP contribution in [0.4, 0.5) is 0 Å². The number of hydrogen-bond acceptors (Lipinski definition) is 6. The molecule has 0 heterocycles. The number of methoxy groups -OCH3 is 1. The van der Waals surface area contributed by atoms with Gasteiger partial charge >= 0.3 is 0 Å². The molecule has 0 fully saturated rings. The Hall–Kier alpha value is -1.57. The van der Waals surface area contributed by atoms with E-state index in [0.717, 1.165) is 43.4 Å². The summed E-state index contributed by atoms with van der Waals surface area (Å²) in [7, 11) is -4.54. The third-order valence-electron chi connectivity index (χ3n) is 12.9. The fraction of sp³-hybridized carbons (Fsp3) is 0.708. The van der Waals surface area contributed by atoms with Crippen molar-refractivity contribution >= 4 is 25.0 Å². The second kappa shape index (κ2) is 22.3. The van der Waals surface area contributed by atoms with Crippen LogP contribution in [0, 0.1) is 5.92 Å². The highest BCUT2D eigenvalue weighted by Crippen LogP contribution is 2.42. The van der Waals surface area contributed by atoms with E-state index in [1.165, 1.54) is 5.56 Å². The van der Waals surface area contributed by atoms with E-state index in [2.05, 4.69) is 170 Å². The van der Waals surface area contributed by atoms with Crippen LogP contribution in [-0.2, 0) is 36.0 Å². The van der Waals surface area contributed by atoms with E-state index in [-0.39, 0.29) is 39.5 Å². The zero-order chi connectivity index (χ0) is 43.3. The molecule has 2 aromatic carbocycles. The van der Waals surface area contributed by atoms with Gasteiger partial charge in [-0.25, -0.2) is 0 Å². The van der Waals surface area contributed by atoms with Gasteiger partial charge in [0.1, 0.15) is 5.75 Å². The van der Waals surface area contributed by atoms with Gasteiger partial charge in [0.05, 0.1) is 38.6 Å². The van der Waals surface area contributed by atoms with E-state index in [0.29, 0.717) is 25.7 Å². The molecule has 0 saturated carbocycles. The van der Waals surface area contributed by atoms with E-state index in [1.54, 1.807) is 7.11 Å². The average Bonchev–Trinajstić information content (AvgIpc) is 3.09. The predicted octanol–water partition coefficient (Wildman–Crippen LogP) is 14.1. The molecule has 57 heavy (non-hydrogen) atoms. The van der Waals surface area contributed by atoms with Gasteiger partial charge < -0.3 is 27.5 Å². The second-order valence-corrected chi connectivity index (χ2v) is 35.4. The summed E-state index contributed by atoms with van der Waals surface area (Å²) >= 11 is 0. The first-order valence-electron chi connectivity index (χ1n) is 21.7. The molecule has 0 aliphatic carbocycles. The topological polar surface area (TPSA) is 55.4 Å². The van der Waals surface area contributed by atoms with Crippen LogP contribution in [0.5, 0.6) is 5.75 Å². The Bertz CT molecular complexity index is 1440. The molecule has 2 rings (SSSR count). The first kappa shape index (κ1) is 51.6. The van der Waals surface area contributed by atoms with Crippen molar-refractivity contribution in [3.8, 4) is 5.75 Å². The van der Waals surface area contributed by atoms with Crippen molar-refractivity contribution < 1.29 is 27.5 Å². The molecule has 5 atom stereocenters. The van der Waals surface area contributed by atoms with Gasteiger partial charge in [-0.2, -0.15) is 0 Å². The summed E-state index contributed by atoms with van der Waals surface area (Å²) in [6, 6.07) is 18.6. The molecule has 1 unspecified atom stereocenters. The van der Waals surface area contributed by atoms with E-state index < -0.39 is 25.0 Å². The van der Waals surface area contributed by atoms with Crippen molar-refractivity contribution in [1.82, 2.24) is 0 Å². The summed E-state index contributed by atoms with van der Waals surface area (Å²) in [6.07, 6.45) is 9.43. The van der Waals surface area contributed by atoms with Gasteiger partial charge in [0.25, 0.3) is 0 Å². The Morgan fingerprint density at radius 3 is 1.63 bits per heavy atom. The maximum Gasteiger partial charge on any atom is 0.192 e. The first-order valence-corrected chi connectivity index (χ1v) is 30.5. The number of allylic oxidation sites excluding steroid dienone is 1. The van der Waals surface area contributed by atoms with Gasteiger partial charge in [-0.05, 0) is 123 Å². The Balaban J connectivity index is 2.28. The van der Waals surface area contributed by atoms with Crippen molar-refractivity contribution in [1.29, 1.82) is 0 Å². The van der Waals surface area contributed by atoms with Crippen molar-refractivity contribution in [3.63, 3.8) is 0 Å². The molecule has 0 aliphatic heterocycles. The number of benzene rings is 2. The van der Waals surface area contributed by atoms with Crippen LogP contribution < -0.4 is 4.74 Å². The second-order valence-electron chi connectivity index (χ2n) is 21.1. The molecule has 0 bridgehead atoms. The van der Waals surface area contributed by atoms with Crippen LogP contribution in [0.1, 0.15) is 119 Å². The largest absolute Gasteiger partial charge is 0.497 e. The highest BCUT2D eigenvalue weighted by molar-refractivity contribution is 6.75. The fourth-order valence-corrected chi connectivity index (χ4v) is 10.0. The van der Waals surface area contributed by atoms with E-state index in [4.69, 9.17) is 27.5 Å². The molecule has 0 aliphatic rings. The van der Waals surface area contributed by atoms with Crippen molar-refractivity contribution in [2.75, 3.05) is 13.7 Å². The Morgan fingerprint density at radius 2 is 1.11 bits per heavy atom. The average molecular weight is 843 g/mol. The molecule has 0 aromatic heterocycles. The maximum absolute atomic E-state index is 7.38. The Morgan fingerprint density at radius 1 is 0.596 bits per heavy atom. The summed E-state index contributed by atoms with van der Waals surface area (Å²) in [5.41, 5.74) is 2.35. The molecule has 0 N–H and O–H groups in total. The normalized spacial score (nSPS) is 16.4. The Labute approximate surface area is 354 Å². The van der Waals surface area contributed by atoms with Gasteiger partial charge in [0.15, 0.2) is 25.0 Å². The standard InChI is InChI=1S/C48H86O6Si3/c1-38(23-22-26-43(52-55(13,14)46(3,4)5)30-27-39(2)51-37-41-28-31-42(49-12)32-29-41)35-45(54-57(17,18)48(9,10)11)44(53-56(15,16)47(6,7)8)33-34-50-36-40-24-20-19-21-25-40/h19-25,28-29,31-32,38-39,43-45H,26-27,30,33-37H2,1-18H3/b23-22-/t38-,39?,43-,44+,45+/m1/s1. The monoisotopic (exact) mass is 843 g/mol. The third-order valence-corrected chi connectivity index (χ3v) is 26.4. The van der Waals surface area contributed by atoms with Crippen LogP contribution in [0.25, 0.3) is 0 Å². The molecule has 2 aromatic rings. The summed E-state index contributed by atoms with van der Waals surface area (Å²) in [5.74, 6) is 1.16. The minimum absolute atomic E-state index is 0.0389. The maximum atomic E-state index is 7.38. The van der Waals surface area contributed by atoms with Gasteiger partial charge in [-0.3, -0.25) is 0 Å². The lowest BCUT2D eigenvalue weighted by Gasteiger charge is -2.45. The highest BCUT2D eigenvalue weighted by atomic mass is 28.4. The molecule has 6 nitrogen and oxygen atoms in total. The van der Waals surface area contributed by atoms with Gasteiger partial charge in [-0.1, -0.05) is 124 Å². The smallest absolute Gasteiger partial charge is 0.192 e. The zero-order valence-electron chi connectivity index (χ0n) is 39.8. The molecule has 0 amide bonds. The fourth-order valence-electron chi connectivity index (χ4n) is 5.86. The van der Waals surface area contributed by atoms with Crippen LogP contribution in [0.3, 0.4) is 0 Å².